The molecule has 0 radical (unpaired) electrons. The normalized spacial score (nSPS) is 9.64. The predicted octanol–water partition coefficient (Wildman–Crippen LogP) is 1.29. The van der Waals surface area contributed by atoms with Crippen molar-refractivity contribution in [2.75, 3.05) is 7.11 Å². The van der Waals surface area contributed by atoms with E-state index in [2.05, 4.69) is 4.74 Å². The van der Waals surface area contributed by atoms with Crippen LogP contribution in [0.15, 0.2) is 18.3 Å². The van der Waals surface area contributed by atoms with Gasteiger partial charge in [0.05, 0.1) is 7.11 Å². The van der Waals surface area contributed by atoms with Gasteiger partial charge in [0, 0.05) is 12.7 Å². The number of hydrogen-bond acceptors (Lipinski definition) is 2. The van der Waals surface area contributed by atoms with E-state index >= 15 is 0 Å². The van der Waals surface area contributed by atoms with E-state index in [0.717, 1.165) is 6.54 Å². The second-order valence-electron chi connectivity index (χ2n) is 2.17. The van der Waals surface area contributed by atoms with Crippen molar-refractivity contribution in [2.24, 2.45) is 0 Å². The lowest BCUT2D eigenvalue weighted by Crippen LogP contribution is -2.08. The molecule has 0 aromatic carbocycles. The third kappa shape index (κ3) is 1.42. The number of nitrogens with zero attached hydrogens (tertiary/aromatic N) is 1. The first-order valence-electron chi connectivity index (χ1n) is 3.53. The van der Waals surface area contributed by atoms with Gasteiger partial charge < -0.3 is 9.30 Å². The molecule has 0 spiro atoms. The monoisotopic (exact) mass is 153 g/mol. The van der Waals surface area contributed by atoms with Crippen molar-refractivity contribution in [1.82, 2.24) is 4.57 Å². The van der Waals surface area contributed by atoms with Crippen molar-refractivity contribution in [2.45, 2.75) is 13.5 Å². The molecule has 0 bridgehead atoms. The van der Waals surface area contributed by atoms with Crippen LogP contribution in [-0.2, 0) is 11.3 Å². The summed E-state index contributed by atoms with van der Waals surface area (Å²) in [5, 5.41) is 0. The summed E-state index contributed by atoms with van der Waals surface area (Å²) >= 11 is 0. The highest BCUT2D eigenvalue weighted by atomic mass is 16.5. The second-order valence-corrected chi connectivity index (χ2v) is 2.17. The maximum atomic E-state index is 11.0. The van der Waals surface area contributed by atoms with Gasteiger partial charge in [0.2, 0.25) is 0 Å². The molecular formula is C8H11NO2. The summed E-state index contributed by atoms with van der Waals surface area (Å²) in [5.41, 5.74) is 0.606. The summed E-state index contributed by atoms with van der Waals surface area (Å²) in [6.45, 7) is 2.77. The summed E-state index contributed by atoms with van der Waals surface area (Å²) in [4.78, 5) is 11.0. The molecule has 3 nitrogen and oxygen atoms in total. The highest BCUT2D eigenvalue weighted by Gasteiger charge is 2.08. The van der Waals surface area contributed by atoms with Crippen LogP contribution in [0.3, 0.4) is 0 Å². The predicted molar refractivity (Wildman–Crippen MR) is 41.4 cm³/mol. The van der Waals surface area contributed by atoms with Crippen LogP contribution in [0, 0.1) is 0 Å². The fourth-order valence-corrected chi connectivity index (χ4v) is 0.980. The van der Waals surface area contributed by atoms with E-state index in [1.54, 1.807) is 6.07 Å². The Morgan fingerprint density at radius 3 is 3.00 bits per heavy atom. The highest BCUT2D eigenvalue weighted by molar-refractivity contribution is 5.87. The summed E-state index contributed by atoms with van der Waals surface area (Å²) in [6.07, 6.45) is 1.85. The molecule has 3 heteroatoms. The van der Waals surface area contributed by atoms with Crippen LogP contribution < -0.4 is 0 Å². The van der Waals surface area contributed by atoms with E-state index in [1.807, 2.05) is 23.8 Å². The van der Waals surface area contributed by atoms with Gasteiger partial charge in [-0.05, 0) is 19.1 Å². The summed E-state index contributed by atoms with van der Waals surface area (Å²) in [5.74, 6) is -0.281. The molecule has 0 aliphatic carbocycles. The lowest BCUT2D eigenvalue weighted by molar-refractivity contribution is 0.0588. The molecule has 0 unspecified atom stereocenters. The van der Waals surface area contributed by atoms with E-state index in [1.165, 1.54) is 7.11 Å². The van der Waals surface area contributed by atoms with Crippen LogP contribution >= 0.6 is 0 Å². The van der Waals surface area contributed by atoms with E-state index < -0.39 is 0 Å². The number of esters is 1. The van der Waals surface area contributed by atoms with Gasteiger partial charge >= 0.3 is 5.97 Å². The number of carbonyl (C=O) groups is 1. The van der Waals surface area contributed by atoms with Gasteiger partial charge in [-0.15, -0.1) is 0 Å². The lowest BCUT2D eigenvalue weighted by atomic mass is 10.4. The van der Waals surface area contributed by atoms with Gasteiger partial charge in [-0.3, -0.25) is 0 Å². The Bertz CT molecular complexity index is 252. The van der Waals surface area contributed by atoms with Crippen LogP contribution in [-0.4, -0.2) is 17.6 Å². The molecule has 1 rings (SSSR count). The Labute approximate surface area is 65.6 Å². The maximum absolute atomic E-state index is 11.0. The molecule has 1 aromatic heterocycles. The van der Waals surface area contributed by atoms with Gasteiger partial charge in [0.25, 0.3) is 0 Å². The topological polar surface area (TPSA) is 31.2 Å². The van der Waals surface area contributed by atoms with Crippen molar-refractivity contribution in [3.8, 4) is 0 Å². The third-order valence-corrected chi connectivity index (χ3v) is 1.56. The fraction of sp³-hybridized carbons (Fsp3) is 0.375. The number of rotatable bonds is 2. The molecule has 11 heavy (non-hydrogen) atoms. The molecular weight excluding hydrogens is 142 g/mol. The lowest BCUT2D eigenvalue weighted by Gasteiger charge is -2.02. The van der Waals surface area contributed by atoms with Crippen LogP contribution in [0.4, 0.5) is 0 Å². The van der Waals surface area contributed by atoms with E-state index in [-0.39, 0.29) is 5.97 Å². The van der Waals surface area contributed by atoms with Gasteiger partial charge in [-0.1, -0.05) is 0 Å². The van der Waals surface area contributed by atoms with E-state index in [0.29, 0.717) is 5.69 Å². The molecule has 0 aliphatic heterocycles. The molecule has 0 aliphatic rings. The van der Waals surface area contributed by atoms with Crippen molar-refractivity contribution in [3.05, 3.63) is 24.0 Å². The van der Waals surface area contributed by atoms with Gasteiger partial charge in [0.1, 0.15) is 5.69 Å². The molecule has 0 saturated heterocycles. The molecule has 60 valence electrons. The largest absolute Gasteiger partial charge is 0.464 e. The first-order valence-corrected chi connectivity index (χ1v) is 3.53. The zero-order valence-corrected chi connectivity index (χ0v) is 6.70. The average molecular weight is 153 g/mol. The molecule has 0 atom stereocenters. The van der Waals surface area contributed by atoms with Gasteiger partial charge in [0.15, 0.2) is 0 Å². The Hall–Kier alpha value is -1.25. The van der Waals surface area contributed by atoms with Crippen LogP contribution in [0.25, 0.3) is 0 Å². The Balaban J connectivity index is 2.92. The minimum atomic E-state index is -0.281. The third-order valence-electron chi connectivity index (χ3n) is 1.56. The standard InChI is InChI=1S/C8H11NO2/c1-3-9-6-4-5-7(9)8(10)11-2/h4-6H,3H2,1-2H3. The van der Waals surface area contributed by atoms with Crippen molar-refractivity contribution >= 4 is 5.97 Å². The first-order chi connectivity index (χ1) is 5.29. The van der Waals surface area contributed by atoms with E-state index in [9.17, 15) is 4.79 Å². The van der Waals surface area contributed by atoms with Gasteiger partial charge in [-0.2, -0.15) is 0 Å². The van der Waals surface area contributed by atoms with Gasteiger partial charge in [-0.25, -0.2) is 4.79 Å². The minimum absolute atomic E-state index is 0.281. The van der Waals surface area contributed by atoms with Crippen LogP contribution in [0.5, 0.6) is 0 Å². The number of carbonyl (C=O) groups excluding carboxylic acids is 1. The fourth-order valence-electron chi connectivity index (χ4n) is 0.980. The zero-order chi connectivity index (χ0) is 8.27. The molecule has 1 heterocycles. The van der Waals surface area contributed by atoms with Crippen LogP contribution in [0.1, 0.15) is 17.4 Å². The second kappa shape index (κ2) is 3.23. The number of ether oxygens (including phenoxy) is 1. The quantitative estimate of drug-likeness (QED) is 0.599. The number of methoxy groups -OCH3 is 1. The summed E-state index contributed by atoms with van der Waals surface area (Å²) in [6, 6.07) is 3.57. The Morgan fingerprint density at radius 1 is 1.73 bits per heavy atom. The maximum Gasteiger partial charge on any atom is 0.354 e. The molecule has 1 aromatic rings. The average Bonchev–Trinajstić information content (AvgIpc) is 2.50. The highest BCUT2D eigenvalue weighted by Crippen LogP contribution is 2.02. The van der Waals surface area contributed by atoms with Crippen LogP contribution in [0.2, 0.25) is 0 Å². The number of aromatic nitrogens is 1. The number of hydrogen-bond donors (Lipinski definition) is 0. The number of aryl methyl sites for hydroxylation is 1. The summed E-state index contributed by atoms with van der Waals surface area (Å²) in [7, 11) is 1.38. The smallest absolute Gasteiger partial charge is 0.354 e. The Kier molecular flexibility index (Phi) is 2.31. The SMILES string of the molecule is CCn1cccc1C(=O)OC. The molecule has 0 saturated carbocycles. The van der Waals surface area contributed by atoms with Crippen molar-refractivity contribution < 1.29 is 9.53 Å². The Morgan fingerprint density at radius 2 is 2.45 bits per heavy atom. The van der Waals surface area contributed by atoms with Crippen molar-refractivity contribution in [3.63, 3.8) is 0 Å². The summed E-state index contributed by atoms with van der Waals surface area (Å²) < 4.78 is 6.42. The molecule has 0 N–H and O–H groups in total. The molecule has 0 amide bonds. The first kappa shape index (κ1) is 7.85. The zero-order valence-electron chi connectivity index (χ0n) is 6.70. The van der Waals surface area contributed by atoms with Crippen molar-refractivity contribution in [1.29, 1.82) is 0 Å². The molecule has 0 fully saturated rings. The minimum Gasteiger partial charge on any atom is -0.464 e. The van der Waals surface area contributed by atoms with E-state index in [4.69, 9.17) is 0 Å².